The minimum Gasteiger partial charge on any atom is -0.496 e. The van der Waals surface area contributed by atoms with E-state index in [2.05, 4.69) is 32.9 Å². The van der Waals surface area contributed by atoms with Crippen LogP contribution in [-0.2, 0) is 5.54 Å². The van der Waals surface area contributed by atoms with Crippen molar-refractivity contribution in [2.24, 2.45) is 11.7 Å². The van der Waals surface area contributed by atoms with Crippen LogP contribution in [0.4, 0.5) is 0 Å². The van der Waals surface area contributed by atoms with E-state index in [0.29, 0.717) is 0 Å². The Balaban J connectivity index is 2.44. The Hall–Kier alpha value is -1.02. The molecule has 2 nitrogen and oxygen atoms in total. The number of methoxy groups -OCH3 is 1. The molecular weight excluding hydrogens is 234 g/mol. The van der Waals surface area contributed by atoms with E-state index in [9.17, 15) is 0 Å². The van der Waals surface area contributed by atoms with Gasteiger partial charge >= 0.3 is 0 Å². The Morgan fingerprint density at radius 2 is 1.95 bits per heavy atom. The third-order valence-corrected chi connectivity index (χ3v) is 4.56. The highest BCUT2D eigenvalue weighted by atomic mass is 16.5. The van der Waals surface area contributed by atoms with Gasteiger partial charge in [-0.2, -0.15) is 0 Å². The van der Waals surface area contributed by atoms with E-state index in [1.165, 1.54) is 36.0 Å². The quantitative estimate of drug-likeness (QED) is 0.815. The molecular formula is C17H27NO. The van der Waals surface area contributed by atoms with Crippen molar-refractivity contribution in [3.05, 3.63) is 28.8 Å². The number of aryl methyl sites for hydroxylation is 2. The van der Waals surface area contributed by atoms with Crippen LogP contribution in [0.2, 0.25) is 0 Å². The van der Waals surface area contributed by atoms with E-state index in [0.717, 1.165) is 24.5 Å². The third kappa shape index (κ3) is 2.94. The number of hydrogen-bond donors (Lipinski definition) is 1. The van der Waals surface area contributed by atoms with Crippen LogP contribution < -0.4 is 10.5 Å². The molecule has 0 aliphatic heterocycles. The summed E-state index contributed by atoms with van der Waals surface area (Å²) in [4.78, 5) is 0. The molecule has 106 valence electrons. The largest absolute Gasteiger partial charge is 0.496 e. The number of benzene rings is 1. The van der Waals surface area contributed by atoms with Crippen LogP contribution in [0.3, 0.4) is 0 Å². The third-order valence-electron chi connectivity index (χ3n) is 4.56. The highest BCUT2D eigenvalue weighted by molar-refractivity contribution is 5.47. The lowest BCUT2D eigenvalue weighted by Gasteiger charge is -2.32. The van der Waals surface area contributed by atoms with Crippen LogP contribution >= 0.6 is 0 Å². The zero-order valence-corrected chi connectivity index (χ0v) is 12.8. The lowest BCUT2D eigenvalue weighted by atomic mass is 9.80. The highest BCUT2D eigenvalue weighted by Gasteiger charge is 2.33. The van der Waals surface area contributed by atoms with E-state index in [-0.39, 0.29) is 5.54 Å². The predicted octanol–water partition coefficient (Wildman–Crippen LogP) is 4.07. The summed E-state index contributed by atoms with van der Waals surface area (Å²) >= 11 is 0. The second-order valence-corrected chi connectivity index (χ2v) is 6.35. The molecule has 2 rings (SSSR count). The monoisotopic (exact) mass is 261 g/mol. The van der Waals surface area contributed by atoms with Gasteiger partial charge in [-0.3, -0.25) is 0 Å². The number of rotatable bonds is 2. The number of nitrogens with two attached hydrogens (primary N) is 1. The molecule has 1 aliphatic rings. The molecule has 2 N–H and O–H groups in total. The van der Waals surface area contributed by atoms with Gasteiger partial charge in [-0.25, -0.2) is 0 Å². The summed E-state index contributed by atoms with van der Waals surface area (Å²) in [6.07, 6.45) is 5.86. The van der Waals surface area contributed by atoms with Gasteiger partial charge in [-0.15, -0.1) is 0 Å². The maximum Gasteiger partial charge on any atom is 0.124 e. The first-order chi connectivity index (χ1) is 8.96. The molecule has 19 heavy (non-hydrogen) atoms. The second kappa shape index (κ2) is 5.54. The molecule has 0 bridgehead atoms. The summed E-state index contributed by atoms with van der Waals surface area (Å²) < 4.78 is 5.61. The molecule has 1 aromatic carbocycles. The maximum absolute atomic E-state index is 6.79. The molecule has 2 unspecified atom stereocenters. The lowest BCUT2D eigenvalue weighted by molar-refractivity contribution is 0.343. The van der Waals surface area contributed by atoms with E-state index < -0.39 is 0 Å². The van der Waals surface area contributed by atoms with Gasteiger partial charge in [0.1, 0.15) is 5.75 Å². The molecule has 0 aromatic heterocycles. The van der Waals surface area contributed by atoms with Crippen LogP contribution in [0, 0.1) is 19.8 Å². The van der Waals surface area contributed by atoms with Gasteiger partial charge in [0, 0.05) is 11.1 Å². The minimum absolute atomic E-state index is 0.214. The first-order valence-electron chi connectivity index (χ1n) is 7.41. The number of hydrogen-bond acceptors (Lipinski definition) is 2. The second-order valence-electron chi connectivity index (χ2n) is 6.35. The molecule has 2 atom stereocenters. The number of ether oxygens (including phenoxy) is 1. The van der Waals surface area contributed by atoms with Crippen molar-refractivity contribution in [1.29, 1.82) is 0 Å². The molecule has 0 spiro atoms. The summed E-state index contributed by atoms with van der Waals surface area (Å²) in [5.74, 6) is 1.76. The summed E-state index contributed by atoms with van der Waals surface area (Å²) in [7, 11) is 1.75. The van der Waals surface area contributed by atoms with Gasteiger partial charge in [-0.1, -0.05) is 25.8 Å². The fourth-order valence-corrected chi connectivity index (χ4v) is 3.52. The zero-order valence-electron chi connectivity index (χ0n) is 12.8. The van der Waals surface area contributed by atoms with Crippen LogP contribution in [0.1, 0.15) is 55.7 Å². The van der Waals surface area contributed by atoms with Gasteiger partial charge in [0.2, 0.25) is 0 Å². The normalized spacial score (nSPS) is 27.9. The zero-order chi connectivity index (χ0) is 14.0. The lowest BCUT2D eigenvalue weighted by Crippen LogP contribution is -2.37. The summed E-state index contributed by atoms with van der Waals surface area (Å²) in [6, 6.07) is 4.34. The maximum atomic E-state index is 6.79. The molecule has 1 aliphatic carbocycles. The summed E-state index contributed by atoms with van der Waals surface area (Å²) in [5, 5.41) is 0. The van der Waals surface area contributed by atoms with Crippen molar-refractivity contribution in [3.63, 3.8) is 0 Å². The molecule has 1 fully saturated rings. The Morgan fingerprint density at radius 3 is 2.63 bits per heavy atom. The van der Waals surface area contributed by atoms with Crippen molar-refractivity contribution in [2.45, 2.75) is 58.4 Å². The van der Waals surface area contributed by atoms with Gasteiger partial charge in [0.05, 0.1) is 7.11 Å². The molecule has 0 amide bonds. The van der Waals surface area contributed by atoms with Crippen molar-refractivity contribution in [2.75, 3.05) is 7.11 Å². The highest BCUT2D eigenvalue weighted by Crippen LogP contribution is 2.41. The molecule has 0 heterocycles. The Kier molecular flexibility index (Phi) is 4.19. The van der Waals surface area contributed by atoms with Crippen LogP contribution in [0.5, 0.6) is 5.75 Å². The van der Waals surface area contributed by atoms with Gasteiger partial charge in [-0.05, 0) is 56.2 Å². The average Bonchev–Trinajstić information content (AvgIpc) is 2.51. The van der Waals surface area contributed by atoms with Crippen LogP contribution in [0.15, 0.2) is 12.1 Å². The predicted molar refractivity (Wildman–Crippen MR) is 80.6 cm³/mol. The molecule has 1 saturated carbocycles. The average molecular weight is 261 g/mol. The summed E-state index contributed by atoms with van der Waals surface area (Å²) in [6.45, 7) is 6.61. The summed E-state index contributed by atoms with van der Waals surface area (Å²) in [5.41, 5.74) is 10.3. The van der Waals surface area contributed by atoms with Crippen molar-refractivity contribution in [3.8, 4) is 5.75 Å². The fourth-order valence-electron chi connectivity index (χ4n) is 3.52. The fraction of sp³-hybridized carbons (Fsp3) is 0.647. The SMILES string of the molecule is COc1cc(C)cc(C)c1C1(N)CCCC(C)CC1. The van der Waals surface area contributed by atoms with Crippen molar-refractivity contribution < 1.29 is 4.74 Å². The van der Waals surface area contributed by atoms with E-state index in [4.69, 9.17) is 10.5 Å². The first-order valence-corrected chi connectivity index (χ1v) is 7.41. The van der Waals surface area contributed by atoms with E-state index in [1.54, 1.807) is 7.11 Å². The van der Waals surface area contributed by atoms with Crippen LogP contribution in [0.25, 0.3) is 0 Å². The Bertz CT molecular complexity index is 455. The standard InChI is InChI=1S/C17H27NO/c1-12-6-5-8-17(18,9-7-12)16-14(3)10-13(2)11-15(16)19-4/h10-12H,5-9,18H2,1-4H3. The topological polar surface area (TPSA) is 35.2 Å². The van der Waals surface area contributed by atoms with E-state index >= 15 is 0 Å². The first kappa shape index (κ1) is 14.4. The molecule has 0 saturated heterocycles. The Labute approximate surface area is 117 Å². The smallest absolute Gasteiger partial charge is 0.124 e. The molecule has 1 aromatic rings. The molecule has 2 heteroatoms. The van der Waals surface area contributed by atoms with Gasteiger partial charge in [0.15, 0.2) is 0 Å². The van der Waals surface area contributed by atoms with Crippen LogP contribution in [-0.4, -0.2) is 7.11 Å². The minimum atomic E-state index is -0.214. The van der Waals surface area contributed by atoms with Crippen molar-refractivity contribution in [1.82, 2.24) is 0 Å². The van der Waals surface area contributed by atoms with Gasteiger partial charge < -0.3 is 10.5 Å². The van der Waals surface area contributed by atoms with E-state index in [1.807, 2.05) is 0 Å². The van der Waals surface area contributed by atoms with Crippen molar-refractivity contribution >= 4 is 0 Å². The van der Waals surface area contributed by atoms with Gasteiger partial charge in [0.25, 0.3) is 0 Å². The molecule has 0 radical (unpaired) electrons. The Morgan fingerprint density at radius 1 is 1.21 bits per heavy atom.